The first-order valence-corrected chi connectivity index (χ1v) is 6.58. The lowest BCUT2D eigenvalue weighted by molar-refractivity contribution is 0.318. The summed E-state index contributed by atoms with van der Waals surface area (Å²) in [5, 5.41) is 11.8. The van der Waals surface area contributed by atoms with Gasteiger partial charge in [0.25, 0.3) is 0 Å². The molecule has 0 bridgehead atoms. The zero-order valence-electron chi connectivity index (χ0n) is 11.3. The van der Waals surface area contributed by atoms with Crippen molar-refractivity contribution in [3.8, 4) is 0 Å². The van der Waals surface area contributed by atoms with Crippen molar-refractivity contribution in [2.75, 3.05) is 11.4 Å². The Morgan fingerprint density at radius 3 is 2.89 bits per heavy atom. The van der Waals surface area contributed by atoms with E-state index < -0.39 is 0 Å². The molecule has 5 heteroatoms. The molecule has 1 aliphatic heterocycles. The molecular formula is C14H20FN3O. The van der Waals surface area contributed by atoms with Gasteiger partial charge in [0, 0.05) is 23.8 Å². The fourth-order valence-electron chi connectivity index (χ4n) is 2.69. The van der Waals surface area contributed by atoms with E-state index in [4.69, 9.17) is 10.9 Å². The van der Waals surface area contributed by atoms with E-state index in [9.17, 15) is 4.39 Å². The van der Waals surface area contributed by atoms with Gasteiger partial charge in [0.05, 0.1) is 0 Å². The highest BCUT2D eigenvalue weighted by Crippen LogP contribution is 2.31. The van der Waals surface area contributed by atoms with E-state index in [-0.39, 0.29) is 11.7 Å². The predicted octanol–water partition coefficient (Wildman–Crippen LogP) is 2.55. The van der Waals surface area contributed by atoms with Gasteiger partial charge < -0.3 is 15.8 Å². The normalized spacial score (nSPS) is 24.6. The van der Waals surface area contributed by atoms with E-state index in [1.807, 2.05) is 0 Å². The second-order valence-corrected chi connectivity index (χ2v) is 5.20. The molecule has 1 aromatic carbocycles. The average Bonchev–Trinajstić information content (AvgIpc) is 2.41. The SMILES string of the molecule is CC1CCCN(c2ccc(F)cc2C(N)=NO)C1C. The van der Waals surface area contributed by atoms with Gasteiger partial charge >= 0.3 is 0 Å². The summed E-state index contributed by atoms with van der Waals surface area (Å²) in [6, 6.07) is 4.78. The molecule has 1 saturated heterocycles. The van der Waals surface area contributed by atoms with E-state index in [1.165, 1.54) is 18.6 Å². The van der Waals surface area contributed by atoms with Crippen molar-refractivity contribution in [2.24, 2.45) is 16.8 Å². The van der Waals surface area contributed by atoms with Crippen LogP contribution in [-0.4, -0.2) is 23.6 Å². The van der Waals surface area contributed by atoms with Gasteiger partial charge in [-0.15, -0.1) is 0 Å². The van der Waals surface area contributed by atoms with E-state index in [2.05, 4.69) is 23.9 Å². The fraction of sp³-hybridized carbons (Fsp3) is 0.500. The number of nitrogens with two attached hydrogens (primary N) is 1. The molecule has 0 saturated carbocycles. The van der Waals surface area contributed by atoms with Gasteiger partial charge in [-0.25, -0.2) is 4.39 Å². The van der Waals surface area contributed by atoms with Crippen molar-refractivity contribution in [1.82, 2.24) is 0 Å². The average molecular weight is 265 g/mol. The number of halogens is 1. The topological polar surface area (TPSA) is 61.8 Å². The van der Waals surface area contributed by atoms with Gasteiger partial charge in [0.15, 0.2) is 5.84 Å². The lowest BCUT2D eigenvalue weighted by Gasteiger charge is -2.40. The van der Waals surface area contributed by atoms with Crippen molar-refractivity contribution < 1.29 is 9.60 Å². The first-order valence-electron chi connectivity index (χ1n) is 6.58. The minimum atomic E-state index is -0.386. The van der Waals surface area contributed by atoms with Crippen LogP contribution in [0.3, 0.4) is 0 Å². The number of piperidine rings is 1. The standard InChI is InChI=1S/C14H20FN3O/c1-9-4-3-7-18(10(9)2)13-6-5-11(15)8-12(13)14(16)17-19/h5-6,8-10,19H,3-4,7H2,1-2H3,(H2,16,17). The first-order chi connectivity index (χ1) is 9.04. The molecule has 0 radical (unpaired) electrons. The molecule has 4 nitrogen and oxygen atoms in total. The van der Waals surface area contributed by atoms with Gasteiger partial charge in [-0.05, 0) is 43.9 Å². The zero-order valence-corrected chi connectivity index (χ0v) is 11.3. The van der Waals surface area contributed by atoms with E-state index in [1.54, 1.807) is 6.07 Å². The van der Waals surface area contributed by atoms with Crippen molar-refractivity contribution in [3.05, 3.63) is 29.6 Å². The minimum absolute atomic E-state index is 0.0556. The number of amidine groups is 1. The predicted molar refractivity (Wildman–Crippen MR) is 74.1 cm³/mol. The molecule has 3 N–H and O–H groups in total. The van der Waals surface area contributed by atoms with Crippen molar-refractivity contribution in [2.45, 2.75) is 32.7 Å². The number of nitrogens with zero attached hydrogens (tertiary/aromatic N) is 2. The van der Waals surface area contributed by atoms with Gasteiger partial charge in [-0.2, -0.15) is 0 Å². The molecule has 2 rings (SSSR count). The molecule has 2 unspecified atom stereocenters. The molecule has 0 amide bonds. The zero-order chi connectivity index (χ0) is 14.0. The third kappa shape index (κ3) is 2.64. The molecule has 104 valence electrons. The van der Waals surface area contributed by atoms with Crippen LogP contribution in [-0.2, 0) is 0 Å². The number of anilines is 1. The van der Waals surface area contributed by atoms with Gasteiger partial charge in [-0.3, -0.25) is 0 Å². The Morgan fingerprint density at radius 2 is 2.21 bits per heavy atom. The summed E-state index contributed by atoms with van der Waals surface area (Å²) >= 11 is 0. The highest BCUT2D eigenvalue weighted by molar-refractivity contribution is 6.02. The smallest absolute Gasteiger partial charge is 0.172 e. The van der Waals surface area contributed by atoms with Crippen LogP contribution in [0.1, 0.15) is 32.3 Å². The van der Waals surface area contributed by atoms with Crippen LogP contribution in [0.25, 0.3) is 0 Å². The van der Waals surface area contributed by atoms with Crippen LogP contribution in [0.5, 0.6) is 0 Å². The Kier molecular flexibility index (Phi) is 3.93. The maximum atomic E-state index is 13.4. The molecule has 0 aromatic heterocycles. The molecule has 1 aromatic rings. The summed E-state index contributed by atoms with van der Waals surface area (Å²) in [7, 11) is 0. The van der Waals surface area contributed by atoms with Crippen LogP contribution in [0.4, 0.5) is 10.1 Å². The lowest BCUT2D eigenvalue weighted by atomic mass is 9.91. The van der Waals surface area contributed by atoms with Gasteiger partial charge in [-0.1, -0.05) is 12.1 Å². The maximum Gasteiger partial charge on any atom is 0.172 e. The maximum absolute atomic E-state index is 13.4. The largest absolute Gasteiger partial charge is 0.409 e. The molecule has 1 aliphatic rings. The number of hydrogen-bond acceptors (Lipinski definition) is 3. The molecule has 19 heavy (non-hydrogen) atoms. The second-order valence-electron chi connectivity index (χ2n) is 5.20. The minimum Gasteiger partial charge on any atom is -0.409 e. The van der Waals surface area contributed by atoms with Crippen LogP contribution in [0.15, 0.2) is 23.4 Å². The molecule has 0 aliphatic carbocycles. The summed E-state index contributed by atoms with van der Waals surface area (Å²) in [4.78, 5) is 2.21. The number of benzene rings is 1. The van der Waals surface area contributed by atoms with Crippen LogP contribution in [0, 0.1) is 11.7 Å². The Balaban J connectivity index is 2.44. The first kappa shape index (κ1) is 13.6. The summed E-state index contributed by atoms with van der Waals surface area (Å²) in [6.07, 6.45) is 2.29. The Bertz CT molecular complexity index is 490. The molecule has 1 fully saturated rings. The van der Waals surface area contributed by atoms with Crippen LogP contribution in [0.2, 0.25) is 0 Å². The number of hydrogen-bond donors (Lipinski definition) is 2. The Hall–Kier alpha value is -1.78. The monoisotopic (exact) mass is 265 g/mol. The highest BCUT2D eigenvalue weighted by atomic mass is 19.1. The second kappa shape index (κ2) is 5.47. The van der Waals surface area contributed by atoms with Crippen molar-refractivity contribution >= 4 is 11.5 Å². The van der Waals surface area contributed by atoms with Crippen molar-refractivity contribution in [3.63, 3.8) is 0 Å². The number of rotatable bonds is 2. The third-order valence-corrected chi connectivity index (χ3v) is 4.03. The third-order valence-electron chi connectivity index (χ3n) is 4.03. The summed E-state index contributed by atoms with van der Waals surface area (Å²) in [6.45, 7) is 5.27. The highest BCUT2D eigenvalue weighted by Gasteiger charge is 2.27. The number of oxime groups is 1. The Labute approximate surface area is 112 Å². The van der Waals surface area contributed by atoms with Crippen LogP contribution >= 0.6 is 0 Å². The van der Waals surface area contributed by atoms with Crippen LogP contribution < -0.4 is 10.6 Å². The van der Waals surface area contributed by atoms with Gasteiger partial charge in [0.1, 0.15) is 5.82 Å². The summed E-state index contributed by atoms with van der Waals surface area (Å²) in [5.74, 6) is 0.127. The van der Waals surface area contributed by atoms with Crippen molar-refractivity contribution in [1.29, 1.82) is 0 Å². The van der Waals surface area contributed by atoms with E-state index in [0.29, 0.717) is 17.5 Å². The molecule has 2 atom stereocenters. The Morgan fingerprint density at radius 1 is 1.47 bits per heavy atom. The van der Waals surface area contributed by atoms with E-state index >= 15 is 0 Å². The summed E-state index contributed by atoms with van der Waals surface area (Å²) < 4.78 is 13.4. The fourth-order valence-corrected chi connectivity index (χ4v) is 2.69. The summed E-state index contributed by atoms with van der Waals surface area (Å²) in [5.41, 5.74) is 6.93. The lowest BCUT2D eigenvalue weighted by Crippen LogP contribution is -2.43. The van der Waals surface area contributed by atoms with Gasteiger partial charge in [0.2, 0.25) is 0 Å². The molecular weight excluding hydrogens is 245 g/mol. The quantitative estimate of drug-likeness (QED) is 0.374. The van der Waals surface area contributed by atoms with E-state index in [0.717, 1.165) is 18.7 Å². The molecule has 0 spiro atoms. The molecule has 1 heterocycles.